The van der Waals surface area contributed by atoms with Crippen LogP contribution in [0.5, 0.6) is 11.5 Å². The van der Waals surface area contributed by atoms with Crippen LogP contribution in [-0.2, 0) is 6.61 Å². The Morgan fingerprint density at radius 1 is 1.00 bits per heavy atom. The predicted octanol–water partition coefficient (Wildman–Crippen LogP) is 3.72. The third-order valence-corrected chi connectivity index (χ3v) is 2.71. The van der Waals surface area contributed by atoms with Crippen LogP contribution in [0.15, 0.2) is 59.0 Å². The van der Waals surface area contributed by atoms with Gasteiger partial charge in [-0.1, -0.05) is 30.3 Å². The Hall–Kier alpha value is -2.42. The number of benzene rings is 2. The van der Waals surface area contributed by atoms with E-state index in [0.29, 0.717) is 12.4 Å². The molecule has 0 aliphatic heterocycles. The standard InChI is InChI=1S/C15H12O3/c16-13-6-2-4-8-15(13)17-10-12-9-11-5-1-3-7-14(11)18-12/h1-9,16H,10H2. The lowest BCUT2D eigenvalue weighted by Gasteiger charge is -2.05. The van der Waals surface area contributed by atoms with Crippen molar-refractivity contribution < 1.29 is 14.3 Å². The molecular weight excluding hydrogens is 228 g/mol. The van der Waals surface area contributed by atoms with E-state index in [9.17, 15) is 5.11 Å². The van der Waals surface area contributed by atoms with Crippen molar-refractivity contribution in [2.24, 2.45) is 0 Å². The number of aromatic hydroxyl groups is 1. The van der Waals surface area contributed by atoms with Gasteiger partial charge in [-0.2, -0.15) is 0 Å². The lowest BCUT2D eigenvalue weighted by atomic mass is 10.2. The summed E-state index contributed by atoms with van der Waals surface area (Å²) in [5.74, 6) is 1.33. The van der Waals surface area contributed by atoms with Crippen LogP contribution in [0.4, 0.5) is 0 Å². The molecule has 0 radical (unpaired) electrons. The van der Waals surface area contributed by atoms with Crippen LogP contribution < -0.4 is 4.74 Å². The molecule has 0 aliphatic carbocycles. The van der Waals surface area contributed by atoms with Crippen molar-refractivity contribution in [3.8, 4) is 11.5 Å². The number of rotatable bonds is 3. The van der Waals surface area contributed by atoms with Crippen molar-refractivity contribution >= 4 is 11.0 Å². The van der Waals surface area contributed by atoms with Crippen molar-refractivity contribution in [1.82, 2.24) is 0 Å². The second-order valence-electron chi connectivity index (χ2n) is 4.01. The largest absolute Gasteiger partial charge is 0.504 e. The molecule has 1 aromatic heterocycles. The van der Waals surface area contributed by atoms with Gasteiger partial charge in [0.05, 0.1) is 0 Å². The summed E-state index contributed by atoms with van der Waals surface area (Å²) in [6, 6.07) is 16.6. The van der Waals surface area contributed by atoms with Gasteiger partial charge in [0.2, 0.25) is 0 Å². The first-order valence-corrected chi connectivity index (χ1v) is 5.71. The Bertz CT molecular complexity index is 637. The molecule has 90 valence electrons. The van der Waals surface area contributed by atoms with E-state index in [1.165, 1.54) is 0 Å². The summed E-state index contributed by atoms with van der Waals surface area (Å²) >= 11 is 0. The van der Waals surface area contributed by atoms with Gasteiger partial charge in [0.15, 0.2) is 11.5 Å². The minimum Gasteiger partial charge on any atom is -0.504 e. The van der Waals surface area contributed by atoms with Gasteiger partial charge in [-0.3, -0.25) is 0 Å². The van der Waals surface area contributed by atoms with Gasteiger partial charge in [-0.25, -0.2) is 0 Å². The van der Waals surface area contributed by atoms with Gasteiger partial charge in [-0.05, 0) is 24.3 Å². The second kappa shape index (κ2) is 4.45. The Morgan fingerprint density at radius 3 is 2.61 bits per heavy atom. The summed E-state index contributed by atoms with van der Waals surface area (Å²) in [4.78, 5) is 0. The molecule has 1 heterocycles. The second-order valence-corrected chi connectivity index (χ2v) is 4.01. The first-order valence-electron chi connectivity index (χ1n) is 5.71. The highest BCUT2D eigenvalue weighted by Gasteiger charge is 2.05. The van der Waals surface area contributed by atoms with E-state index in [-0.39, 0.29) is 5.75 Å². The number of hydrogen-bond donors (Lipinski definition) is 1. The lowest BCUT2D eigenvalue weighted by Crippen LogP contribution is -1.93. The zero-order valence-corrected chi connectivity index (χ0v) is 9.67. The quantitative estimate of drug-likeness (QED) is 0.758. The third-order valence-electron chi connectivity index (χ3n) is 2.71. The maximum absolute atomic E-state index is 9.57. The summed E-state index contributed by atoms with van der Waals surface area (Å²) in [5.41, 5.74) is 0.841. The number of phenolic OH excluding ortho intramolecular Hbond substituents is 1. The average Bonchev–Trinajstić information content (AvgIpc) is 2.80. The molecule has 1 N–H and O–H groups in total. The fraction of sp³-hybridized carbons (Fsp3) is 0.0667. The number of ether oxygens (including phenoxy) is 1. The molecule has 0 atom stereocenters. The molecular formula is C15H12O3. The van der Waals surface area contributed by atoms with Crippen molar-refractivity contribution in [3.05, 3.63) is 60.4 Å². The van der Waals surface area contributed by atoms with E-state index in [1.807, 2.05) is 36.4 Å². The first-order chi connectivity index (χ1) is 8.83. The molecule has 3 heteroatoms. The number of fused-ring (bicyclic) bond motifs is 1. The molecule has 2 aromatic carbocycles. The zero-order valence-electron chi connectivity index (χ0n) is 9.67. The zero-order chi connectivity index (χ0) is 12.4. The molecule has 0 spiro atoms. The van der Waals surface area contributed by atoms with Crippen LogP contribution in [0, 0.1) is 0 Å². The minimum absolute atomic E-state index is 0.133. The molecule has 0 amide bonds. The normalized spacial score (nSPS) is 10.7. The van der Waals surface area contributed by atoms with Gasteiger partial charge in [0, 0.05) is 5.39 Å². The van der Waals surface area contributed by atoms with Gasteiger partial charge in [0.1, 0.15) is 18.0 Å². The fourth-order valence-corrected chi connectivity index (χ4v) is 1.84. The maximum Gasteiger partial charge on any atom is 0.161 e. The maximum atomic E-state index is 9.57. The van der Waals surface area contributed by atoms with Crippen LogP contribution >= 0.6 is 0 Å². The van der Waals surface area contributed by atoms with E-state index >= 15 is 0 Å². The average molecular weight is 240 g/mol. The Balaban J connectivity index is 1.79. The minimum atomic E-state index is 0.133. The van der Waals surface area contributed by atoms with Crippen LogP contribution in [0.1, 0.15) is 5.76 Å². The Kier molecular flexibility index (Phi) is 2.65. The van der Waals surface area contributed by atoms with E-state index in [0.717, 1.165) is 16.7 Å². The Labute approximate surface area is 104 Å². The van der Waals surface area contributed by atoms with Crippen LogP contribution in [0.25, 0.3) is 11.0 Å². The summed E-state index contributed by atoms with van der Waals surface area (Å²) in [6.45, 7) is 0.298. The van der Waals surface area contributed by atoms with Crippen LogP contribution in [0.2, 0.25) is 0 Å². The van der Waals surface area contributed by atoms with E-state index in [4.69, 9.17) is 9.15 Å². The van der Waals surface area contributed by atoms with Crippen LogP contribution in [0.3, 0.4) is 0 Å². The van der Waals surface area contributed by atoms with E-state index in [2.05, 4.69) is 0 Å². The summed E-state index contributed by atoms with van der Waals surface area (Å²) in [5, 5.41) is 10.6. The highest BCUT2D eigenvalue weighted by atomic mass is 16.5. The highest BCUT2D eigenvalue weighted by molar-refractivity contribution is 5.77. The SMILES string of the molecule is Oc1ccccc1OCc1cc2ccccc2o1. The molecule has 0 bridgehead atoms. The van der Waals surface area contributed by atoms with E-state index in [1.54, 1.807) is 18.2 Å². The summed E-state index contributed by atoms with van der Waals surface area (Å²) < 4.78 is 11.1. The van der Waals surface area contributed by atoms with Crippen LogP contribution in [-0.4, -0.2) is 5.11 Å². The lowest BCUT2D eigenvalue weighted by molar-refractivity contribution is 0.262. The van der Waals surface area contributed by atoms with Crippen molar-refractivity contribution in [2.75, 3.05) is 0 Å². The molecule has 0 aliphatic rings. The van der Waals surface area contributed by atoms with Gasteiger partial charge in [-0.15, -0.1) is 0 Å². The topological polar surface area (TPSA) is 42.6 Å². The highest BCUT2D eigenvalue weighted by Crippen LogP contribution is 2.26. The van der Waals surface area contributed by atoms with Gasteiger partial charge in [0.25, 0.3) is 0 Å². The number of furan rings is 1. The molecule has 3 aromatic rings. The summed E-state index contributed by atoms with van der Waals surface area (Å²) in [7, 11) is 0. The molecule has 0 fully saturated rings. The summed E-state index contributed by atoms with van der Waals surface area (Å²) in [6.07, 6.45) is 0. The Morgan fingerprint density at radius 2 is 1.78 bits per heavy atom. The van der Waals surface area contributed by atoms with Gasteiger partial charge >= 0.3 is 0 Å². The van der Waals surface area contributed by atoms with Crippen molar-refractivity contribution in [1.29, 1.82) is 0 Å². The monoisotopic (exact) mass is 240 g/mol. The van der Waals surface area contributed by atoms with Crippen molar-refractivity contribution in [2.45, 2.75) is 6.61 Å². The third kappa shape index (κ3) is 2.02. The van der Waals surface area contributed by atoms with E-state index < -0.39 is 0 Å². The molecule has 18 heavy (non-hydrogen) atoms. The smallest absolute Gasteiger partial charge is 0.161 e. The molecule has 0 saturated heterocycles. The predicted molar refractivity (Wildman–Crippen MR) is 68.7 cm³/mol. The number of phenols is 1. The van der Waals surface area contributed by atoms with Gasteiger partial charge < -0.3 is 14.3 Å². The number of para-hydroxylation sites is 3. The molecule has 3 rings (SSSR count). The first kappa shape index (κ1) is 10.7. The fourth-order valence-electron chi connectivity index (χ4n) is 1.84. The molecule has 3 nitrogen and oxygen atoms in total. The number of hydrogen-bond acceptors (Lipinski definition) is 3. The van der Waals surface area contributed by atoms with Crippen molar-refractivity contribution in [3.63, 3.8) is 0 Å². The molecule has 0 saturated carbocycles. The molecule has 0 unspecified atom stereocenters.